The maximum Gasteiger partial charge on any atom is 0.325 e. The lowest BCUT2D eigenvalue weighted by Gasteiger charge is -2.23. The number of amides is 1. The van der Waals surface area contributed by atoms with E-state index in [9.17, 15) is 9.59 Å². The summed E-state index contributed by atoms with van der Waals surface area (Å²) in [7, 11) is 1.31. The molecular weight excluding hydrogens is 380 g/mol. The van der Waals surface area contributed by atoms with Gasteiger partial charge in [0.1, 0.15) is 18.9 Å². The van der Waals surface area contributed by atoms with E-state index < -0.39 is 5.97 Å². The SMILES string of the molecule is C=CC[C@@H]1C[C@@H](COc2ccc(-c3ccc(C#N)cc3)cc2)N(CC(=O)OC)C1=O. The quantitative estimate of drug-likeness (QED) is 0.496. The molecular formula is C24H24N2O4. The smallest absolute Gasteiger partial charge is 0.325 e. The van der Waals surface area contributed by atoms with E-state index >= 15 is 0 Å². The van der Waals surface area contributed by atoms with Crippen molar-refractivity contribution in [1.82, 2.24) is 4.90 Å². The Morgan fingerprint density at radius 3 is 2.40 bits per heavy atom. The van der Waals surface area contributed by atoms with Crippen molar-refractivity contribution in [2.45, 2.75) is 18.9 Å². The first-order chi connectivity index (χ1) is 14.5. The second kappa shape index (κ2) is 9.75. The standard InChI is InChI=1S/C24H24N2O4/c1-3-4-20-13-21(26(24(20)28)15-23(27)29-2)16-30-22-11-9-19(10-12-22)18-7-5-17(14-25)6-8-18/h3,5-12,20-21H,1,4,13,15-16H2,2H3/t20-,21+/m1/s1. The first-order valence-electron chi connectivity index (χ1n) is 9.77. The van der Waals surface area contributed by atoms with E-state index in [1.165, 1.54) is 7.11 Å². The van der Waals surface area contributed by atoms with Gasteiger partial charge in [-0.05, 0) is 48.2 Å². The molecule has 0 saturated carbocycles. The fraction of sp³-hybridized carbons (Fsp3) is 0.292. The van der Waals surface area contributed by atoms with E-state index in [-0.39, 0.29) is 24.4 Å². The van der Waals surface area contributed by atoms with Gasteiger partial charge in [-0.15, -0.1) is 6.58 Å². The van der Waals surface area contributed by atoms with Gasteiger partial charge < -0.3 is 14.4 Å². The van der Waals surface area contributed by atoms with Crippen LogP contribution in [0.2, 0.25) is 0 Å². The lowest BCUT2D eigenvalue weighted by molar-refractivity contribution is -0.147. The molecule has 2 aromatic carbocycles. The highest BCUT2D eigenvalue weighted by atomic mass is 16.5. The van der Waals surface area contributed by atoms with Crippen LogP contribution in [0.1, 0.15) is 18.4 Å². The van der Waals surface area contributed by atoms with Crippen LogP contribution >= 0.6 is 0 Å². The molecule has 0 bridgehead atoms. The van der Waals surface area contributed by atoms with Gasteiger partial charge in [-0.3, -0.25) is 9.59 Å². The summed E-state index contributed by atoms with van der Waals surface area (Å²) in [5.41, 5.74) is 2.65. The molecule has 0 unspecified atom stereocenters. The molecule has 0 radical (unpaired) electrons. The van der Waals surface area contributed by atoms with E-state index in [4.69, 9.17) is 14.7 Å². The molecule has 2 aromatic rings. The summed E-state index contributed by atoms with van der Waals surface area (Å²) in [6.45, 7) is 3.94. The summed E-state index contributed by atoms with van der Waals surface area (Å²) in [4.78, 5) is 25.9. The maximum atomic E-state index is 12.6. The van der Waals surface area contributed by atoms with Crippen LogP contribution in [0.15, 0.2) is 61.2 Å². The molecule has 6 nitrogen and oxygen atoms in total. The van der Waals surface area contributed by atoms with Gasteiger partial charge in [-0.1, -0.05) is 30.3 Å². The molecule has 1 saturated heterocycles. The number of nitrogens with zero attached hydrogens (tertiary/aromatic N) is 2. The number of carbonyl (C=O) groups is 2. The van der Waals surface area contributed by atoms with Crippen LogP contribution < -0.4 is 4.74 Å². The topological polar surface area (TPSA) is 79.6 Å². The predicted octanol–water partition coefficient (Wildman–Crippen LogP) is 3.57. The van der Waals surface area contributed by atoms with Crippen molar-refractivity contribution in [2.75, 3.05) is 20.3 Å². The highest BCUT2D eigenvalue weighted by molar-refractivity contribution is 5.86. The third kappa shape index (κ3) is 4.87. The Hall–Kier alpha value is -3.59. The average Bonchev–Trinajstić information content (AvgIpc) is 3.07. The highest BCUT2D eigenvalue weighted by Crippen LogP contribution is 2.29. The van der Waals surface area contributed by atoms with Gasteiger partial charge in [0.2, 0.25) is 5.91 Å². The fourth-order valence-electron chi connectivity index (χ4n) is 3.61. The van der Waals surface area contributed by atoms with Gasteiger partial charge in [-0.25, -0.2) is 0 Å². The van der Waals surface area contributed by atoms with Crippen LogP contribution in [0.25, 0.3) is 11.1 Å². The molecule has 2 atom stereocenters. The number of methoxy groups -OCH3 is 1. The average molecular weight is 404 g/mol. The minimum atomic E-state index is -0.445. The Balaban J connectivity index is 1.65. The first-order valence-corrected chi connectivity index (χ1v) is 9.77. The molecule has 1 aliphatic heterocycles. The number of hydrogen-bond acceptors (Lipinski definition) is 5. The number of nitriles is 1. The molecule has 0 aliphatic carbocycles. The van der Waals surface area contributed by atoms with E-state index in [0.717, 1.165) is 11.1 Å². The number of likely N-dealkylation sites (tertiary alicyclic amines) is 1. The van der Waals surface area contributed by atoms with Crippen molar-refractivity contribution in [3.05, 3.63) is 66.7 Å². The summed E-state index contributed by atoms with van der Waals surface area (Å²) < 4.78 is 10.6. The largest absolute Gasteiger partial charge is 0.491 e. The van der Waals surface area contributed by atoms with Crippen molar-refractivity contribution in [3.63, 3.8) is 0 Å². The normalized spacial score (nSPS) is 18.0. The lowest BCUT2D eigenvalue weighted by atomic mass is 10.0. The van der Waals surface area contributed by atoms with Crippen molar-refractivity contribution in [2.24, 2.45) is 5.92 Å². The van der Waals surface area contributed by atoms with Gasteiger partial charge in [0, 0.05) is 5.92 Å². The molecule has 1 aliphatic rings. The summed E-state index contributed by atoms with van der Waals surface area (Å²) >= 11 is 0. The van der Waals surface area contributed by atoms with E-state index in [1.54, 1.807) is 23.1 Å². The minimum absolute atomic E-state index is 0.0648. The second-order valence-electron chi connectivity index (χ2n) is 7.18. The minimum Gasteiger partial charge on any atom is -0.491 e. The Morgan fingerprint density at radius 1 is 1.20 bits per heavy atom. The van der Waals surface area contributed by atoms with E-state index in [2.05, 4.69) is 12.6 Å². The van der Waals surface area contributed by atoms with Gasteiger partial charge in [0.05, 0.1) is 24.8 Å². The molecule has 154 valence electrons. The van der Waals surface area contributed by atoms with Crippen LogP contribution in [-0.2, 0) is 14.3 Å². The molecule has 1 amide bonds. The molecule has 6 heteroatoms. The molecule has 0 N–H and O–H groups in total. The summed E-state index contributed by atoms with van der Waals surface area (Å²) in [5.74, 6) is -0.00557. The van der Waals surface area contributed by atoms with Gasteiger partial charge in [-0.2, -0.15) is 5.26 Å². The van der Waals surface area contributed by atoms with Crippen molar-refractivity contribution < 1.29 is 19.1 Å². The molecule has 3 rings (SSSR count). The number of rotatable bonds is 8. The van der Waals surface area contributed by atoms with Crippen LogP contribution in [0.4, 0.5) is 0 Å². The monoisotopic (exact) mass is 404 g/mol. The molecule has 1 heterocycles. The van der Waals surface area contributed by atoms with Crippen LogP contribution in [0.5, 0.6) is 5.75 Å². The number of hydrogen-bond donors (Lipinski definition) is 0. The number of carbonyl (C=O) groups excluding carboxylic acids is 2. The Bertz CT molecular complexity index is 945. The number of allylic oxidation sites excluding steroid dienone is 1. The fourth-order valence-corrected chi connectivity index (χ4v) is 3.61. The third-order valence-electron chi connectivity index (χ3n) is 5.25. The molecule has 0 aromatic heterocycles. The van der Waals surface area contributed by atoms with Gasteiger partial charge in [0.15, 0.2) is 0 Å². The summed E-state index contributed by atoms with van der Waals surface area (Å²) in [6, 6.07) is 16.9. The lowest BCUT2D eigenvalue weighted by Crippen LogP contribution is -2.41. The van der Waals surface area contributed by atoms with Gasteiger partial charge >= 0.3 is 5.97 Å². The van der Waals surface area contributed by atoms with E-state index in [0.29, 0.717) is 30.8 Å². The number of ether oxygens (including phenoxy) is 2. The van der Waals surface area contributed by atoms with Crippen LogP contribution in [-0.4, -0.2) is 43.1 Å². The Labute approximate surface area is 176 Å². The maximum absolute atomic E-state index is 12.6. The molecule has 1 fully saturated rings. The highest BCUT2D eigenvalue weighted by Gasteiger charge is 2.40. The van der Waals surface area contributed by atoms with Crippen LogP contribution in [0.3, 0.4) is 0 Å². The summed E-state index contributed by atoms with van der Waals surface area (Å²) in [6.07, 6.45) is 2.92. The Kier molecular flexibility index (Phi) is 6.87. The zero-order valence-electron chi connectivity index (χ0n) is 16.9. The number of esters is 1. The second-order valence-corrected chi connectivity index (χ2v) is 7.18. The first kappa shape index (κ1) is 21.1. The van der Waals surface area contributed by atoms with Crippen molar-refractivity contribution in [3.8, 4) is 22.9 Å². The van der Waals surface area contributed by atoms with E-state index in [1.807, 2.05) is 36.4 Å². The van der Waals surface area contributed by atoms with Crippen molar-refractivity contribution >= 4 is 11.9 Å². The van der Waals surface area contributed by atoms with Crippen LogP contribution in [0, 0.1) is 17.2 Å². The summed E-state index contributed by atoms with van der Waals surface area (Å²) in [5, 5.41) is 8.91. The third-order valence-corrected chi connectivity index (χ3v) is 5.25. The zero-order chi connectivity index (χ0) is 21.5. The van der Waals surface area contributed by atoms with Crippen molar-refractivity contribution in [1.29, 1.82) is 5.26 Å². The van der Waals surface area contributed by atoms with Gasteiger partial charge in [0.25, 0.3) is 0 Å². The molecule has 0 spiro atoms. The predicted molar refractivity (Wildman–Crippen MR) is 113 cm³/mol. The zero-order valence-corrected chi connectivity index (χ0v) is 16.9. The Morgan fingerprint density at radius 2 is 1.83 bits per heavy atom. The number of benzene rings is 2. The molecule has 30 heavy (non-hydrogen) atoms.